The lowest BCUT2D eigenvalue weighted by Gasteiger charge is -2.38. The van der Waals surface area contributed by atoms with Gasteiger partial charge in [0, 0.05) is 27.1 Å². The Morgan fingerprint density at radius 2 is 1.92 bits per heavy atom. The Morgan fingerprint density at radius 3 is 2.58 bits per heavy atom. The number of hydrogen-bond acceptors (Lipinski definition) is 4. The van der Waals surface area contributed by atoms with Crippen LogP contribution in [0.2, 0.25) is 0 Å². The van der Waals surface area contributed by atoms with Crippen LogP contribution in [0.5, 0.6) is 0 Å². The Bertz CT molecular complexity index is 632. The molecule has 1 aliphatic heterocycles. The van der Waals surface area contributed by atoms with Gasteiger partial charge in [-0.3, -0.25) is 14.4 Å². The molecule has 7 heteroatoms. The lowest BCUT2D eigenvalue weighted by atomic mass is 9.94. The minimum Gasteiger partial charge on any atom is -0.356 e. The van der Waals surface area contributed by atoms with Gasteiger partial charge in [0.05, 0.1) is 6.04 Å². The van der Waals surface area contributed by atoms with E-state index >= 15 is 0 Å². The number of ether oxygens (including phenoxy) is 1. The SMILES string of the molecule is CC(=O)NCCNC(=O)[C@H]1OCC(=O)N(C)[C@@H]1c1ccccc1C. The summed E-state index contributed by atoms with van der Waals surface area (Å²) in [4.78, 5) is 36.9. The molecule has 1 aliphatic rings. The molecule has 0 saturated carbocycles. The highest BCUT2D eigenvalue weighted by atomic mass is 16.5. The molecule has 2 N–H and O–H groups in total. The lowest BCUT2D eigenvalue weighted by molar-refractivity contribution is -0.162. The molecule has 0 bridgehead atoms. The van der Waals surface area contributed by atoms with Crippen LogP contribution in [0.4, 0.5) is 0 Å². The molecule has 1 aromatic rings. The molecule has 3 amide bonds. The van der Waals surface area contributed by atoms with Crippen LogP contribution in [0, 0.1) is 6.92 Å². The largest absolute Gasteiger partial charge is 0.356 e. The molecule has 1 aromatic carbocycles. The summed E-state index contributed by atoms with van der Waals surface area (Å²) in [6.45, 7) is 3.88. The zero-order valence-electron chi connectivity index (χ0n) is 14.2. The first-order valence-electron chi connectivity index (χ1n) is 7.86. The molecule has 1 heterocycles. The van der Waals surface area contributed by atoms with E-state index in [1.165, 1.54) is 6.92 Å². The molecule has 0 aliphatic carbocycles. The fraction of sp³-hybridized carbons (Fsp3) is 0.471. The molecule has 130 valence electrons. The van der Waals surface area contributed by atoms with Crippen molar-refractivity contribution in [3.8, 4) is 0 Å². The van der Waals surface area contributed by atoms with Gasteiger partial charge in [-0.2, -0.15) is 0 Å². The van der Waals surface area contributed by atoms with Gasteiger partial charge in [-0.1, -0.05) is 24.3 Å². The van der Waals surface area contributed by atoms with Crippen molar-refractivity contribution >= 4 is 17.7 Å². The Labute approximate surface area is 141 Å². The third-order valence-corrected chi connectivity index (χ3v) is 4.05. The monoisotopic (exact) mass is 333 g/mol. The predicted octanol–water partition coefficient (Wildman–Crippen LogP) is 0.146. The molecule has 0 spiro atoms. The van der Waals surface area contributed by atoms with Crippen LogP contribution in [0.1, 0.15) is 24.1 Å². The number of hydrogen-bond donors (Lipinski definition) is 2. The number of morpholine rings is 1. The summed E-state index contributed by atoms with van der Waals surface area (Å²) in [5, 5.41) is 5.36. The van der Waals surface area contributed by atoms with Gasteiger partial charge in [-0.05, 0) is 18.1 Å². The van der Waals surface area contributed by atoms with Gasteiger partial charge < -0.3 is 20.3 Å². The van der Waals surface area contributed by atoms with Gasteiger partial charge in [0.1, 0.15) is 6.61 Å². The molecule has 24 heavy (non-hydrogen) atoms. The first-order valence-corrected chi connectivity index (χ1v) is 7.86. The summed E-state index contributed by atoms with van der Waals surface area (Å²) in [7, 11) is 1.68. The molecule has 1 fully saturated rings. The number of amides is 3. The van der Waals surface area contributed by atoms with Crippen LogP contribution in [0.3, 0.4) is 0 Å². The lowest BCUT2D eigenvalue weighted by Crippen LogP contribution is -2.53. The van der Waals surface area contributed by atoms with E-state index in [9.17, 15) is 14.4 Å². The van der Waals surface area contributed by atoms with Gasteiger partial charge in [-0.15, -0.1) is 0 Å². The highest BCUT2D eigenvalue weighted by Gasteiger charge is 2.40. The number of rotatable bonds is 5. The van der Waals surface area contributed by atoms with E-state index in [4.69, 9.17) is 4.74 Å². The van der Waals surface area contributed by atoms with Gasteiger partial charge in [0.15, 0.2) is 6.10 Å². The highest BCUT2D eigenvalue weighted by Crippen LogP contribution is 2.31. The van der Waals surface area contributed by atoms with E-state index in [1.54, 1.807) is 11.9 Å². The fourth-order valence-electron chi connectivity index (χ4n) is 2.75. The quantitative estimate of drug-likeness (QED) is 0.751. The van der Waals surface area contributed by atoms with Crippen LogP contribution >= 0.6 is 0 Å². The van der Waals surface area contributed by atoms with Crippen molar-refractivity contribution in [1.82, 2.24) is 15.5 Å². The van der Waals surface area contributed by atoms with Crippen molar-refractivity contribution in [2.45, 2.75) is 26.0 Å². The maximum atomic E-state index is 12.5. The summed E-state index contributed by atoms with van der Waals surface area (Å²) >= 11 is 0. The van der Waals surface area contributed by atoms with Gasteiger partial charge >= 0.3 is 0 Å². The van der Waals surface area contributed by atoms with Crippen LogP contribution < -0.4 is 10.6 Å². The minimum atomic E-state index is -0.786. The van der Waals surface area contributed by atoms with Gasteiger partial charge in [0.2, 0.25) is 11.8 Å². The minimum absolute atomic E-state index is 0.122. The zero-order valence-corrected chi connectivity index (χ0v) is 14.2. The Hall–Kier alpha value is -2.41. The number of benzene rings is 1. The van der Waals surface area contributed by atoms with E-state index in [2.05, 4.69) is 10.6 Å². The van der Waals surface area contributed by atoms with E-state index in [-0.39, 0.29) is 24.3 Å². The Kier molecular flexibility index (Phi) is 5.92. The third kappa shape index (κ3) is 4.11. The van der Waals surface area contributed by atoms with E-state index < -0.39 is 12.1 Å². The summed E-state index contributed by atoms with van der Waals surface area (Å²) in [6.07, 6.45) is -0.786. The maximum Gasteiger partial charge on any atom is 0.251 e. The number of nitrogens with one attached hydrogen (secondary N) is 2. The van der Waals surface area contributed by atoms with Crippen molar-refractivity contribution in [1.29, 1.82) is 0 Å². The standard InChI is InChI=1S/C17H23N3O4/c1-11-6-4-5-7-13(11)15-16(24-10-14(22)20(15)3)17(23)19-9-8-18-12(2)21/h4-7,15-16H,8-10H2,1-3H3,(H,18,21)(H,19,23)/t15-,16+/m1/s1. The first-order chi connectivity index (χ1) is 11.4. The molecule has 2 rings (SSSR count). The molecule has 2 atom stereocenters. The normalized spacial score (nSPS) is 20.6. The zero-order chi connectivity index (χ0) is 17.7. The number of nitrogens with zero attached hydrogens (tertiary/aromatic N) is 1. The van der Waals surface area contributed by atoms with Crippen LogP contribution in [0.15, 0.2) is 24.3 Å². The molecule has 7 nitrogen and oxygen atoms in total. The number of aryl methyl sites for hydroxylation is 1. The number of carbonyl (C=O) groups is 3. The first kappa shape index (κ1) is 17.9. The average molecular weight is 333 g/mol. The van der Waals surface area contributed by atoms with E-state index in [0.29, 0.717) is 13.1 Å². The fourth-order valence-corrected chi connectivity index (χ4v) is 2.75. The van der Waals surface area contributed by atoms with Crippen LogP contribution in [0.25, 0.3) is 0 Å². The maximum absolute atomic E-state index is 12.5. The third-order valence-electron chi connectivity index (χ3n) is 4.05. The number of carbonyl (C=O) groups excluding carboxylic acids is 3. The van der Waals surface area contributed by atoms with Crippen molar-refractivity contribution in [3.05, 3.63) is 35.4 Å². The second-order valence-corrected chi connectivity index (χ2v) is 5.81. The molecule has 1 saturated heterocycles. The molecule has 0 radical (unpaired) electrons. The van der Waals surface area contributed by atoms with E-state index in [0.717, 1.165) is 11.1 Å². The highest BCUT2D eigenvalue weighted by molar-refractivity contribution is 5.86. The second kappa shape index (κ2) is 7.92. The van der Waals surface area contributed by atoms with Crippen molar-refractivity contribution in [2.24, 2.45) is 0 Å². The molecule has 0 aromatic heterocycles. The Morgan fingerprint density at radius 1 is 1.25 bits per heavy atom. The predicted molar refractivity (Wildman–Crippen MR) is 88.1 cm³/mol. The summed E-state index contributed by atoms with van der Waals surface area (Å²) < 4.78 is 5.53. The topological polar surface area (TPSA) is 87.7 Å². The smallest absolute Gasteiger partial charge is 0.251 e. The average Bonchev–Trinajstić information content (AvgIpc) is 2.54. The van der Waals surface area contributed by atoms with Gasteiger partial charge in [-0.25, -0.2) is 0 Å². The van der Waals surface area contributed by atoms with Gasteiger partial charge in [0.25, 0.3) is 5.91 Å². The molecular formula is C17H23N3O4. The summed E-state index contributed by atoms with van der Waals surface area (Å²) in [5.74, 6) is -0.611. The molecular weight excluding hydrogens is 310 g/mol. The summed E-state index contributed by atoms with van der Waals surface area (Å²) in [5.41, 5.74) is 1.87. The van der Waals surface area contributed by atoms with E-state index in [1.807, 2.05) is 31.2 Å². The van der Waals surface area contributed by atoms with Crippen molar-refractivity contribution < 1.29 is 19.1 Å². The summed E-state index contributed by atoms with van der Waals surface area (Å²) in [6, 6.07) is 7.14. The number of likely N-dealkylation sites (N-methyl/N-ethyl adjacent to an activating group) is 1. The Balaban J connectivity index is 2.13. The van der Waals surface area contributed by atoms with Crippen molar-refractivity contribution in [3.63, 3.8) is 0 Å². The van der Waals surface area contributed by atoms with Crippen LogP contribution in [-0.4, -0.2) is 55.5 Å². The second-order valence-electron chi connectivity index (χ2n) is 5.81. The van der Waals surface area contributed by atoms with Crippen LogP contribution in [-0.2, 0) is 19.1 Å². The van der Waals surface area contributed by atoms with Crippen molar-refractivity contribution in [2.75, 3.05) is 26.7 Å². The molecule has 0 unspecified atom stereocenters.